The first kappa shape index (κ1) is 5.88. The van der Waals surface area contributed by atoms with Crippen LogP contribution in [0.5, 0.6) is 0 Å². The fourth-order valence-electron chi connectivity index (χ4n) is 0.555. The van der Waals surface area contributed by atoms with E-state index < -0.39 is 0 Å². The molecule has 0 saturated heterocycles. The molecule has 0 radical (unpaired) electrons. The normalized spacial score (nSPS) is 9.44. The zero-order chi connectivity index (χ0) is 6.85. The number of rotatable bonds is 1. The van der Waals surface area contributed by atoms with Gasteiger partial charge in [0.1, 0.15) is 5.82 Å². The van der Waals surface area contributed by atoms with Crippen molar-refractivity contribution in [2.75, 3.05) is 5.73 Å². The predicted molar refractivity (Wildman–Crippen MR) is 37.7 cm³/mol. The summed E-state index contributed by atoms with van der Waals surface area (Å²) in [4.78, 5) is 0. The Morgan fingerprint density at radius 3 is 2.78 bits per heavy atom. The van der Waals surface area contributed by atoms with Gasteiger partial charge < -0.3 is 5.73 Å². The first-order valence-corrected chi connectivity index (χ1v) is 2.67. The Balaban J connectivity index is 2.98. The van der Waals surface area contributed by atoms with E-state index in [1.165, 1.54) is 0 Å². The van der Waals surface area contributed by atoms with Crippen molar-refractivity contribution in [3.63, 3.8) is 0 Å². The average molecular weight is 123 g/mol. The highest BCUT2D eigenvalue weighted by atomic mass is 15.2. The summed E-state index contributed by atoms with van der Waals surface area (Å²) >= 11 is 0. The summed E-state index contributed by atoms with van der Waals surface area (Å²) in [7, 11) is 0. The number of hydrogen-bond acceptors (Lipinski definition) is 2. The molecule has 1 rings (SSSR count). The fourth-order valence-corrected chi connectivity index (χ4v) is 0.555. The number of hydrogen-bond donors (Lipinski definition) is 2. The molecule has 0 aliphatic heterocycles. The highest BCUT2D eigenvalue weighted by Gasteiger charge is 1.95. The Kier molecular flexibility index (Phi) is 1.26. The molecular weight excluding hydrogens is 114 g/mol. The lowest BCUT2D eigenvalue weighted by atomic mass is 10.2. The number of nitrogens with two attached hydrogens (primary N) is 1. The van der Waals surface area contributed by atoms with Crippen LogP contribution >= 0.6 is 0 Å². The number of anilines is 1. The highest BCUT2D eigenvalue weighted by molar-refractivity contribution is 5.59. The molecule has 1 heterocycles. The van der Waals surface area contributed by atoms with Crippen LogP contribution in [0.25, 0.3) is 5.57 Å². The van der Waals surface area contributed by atoms with Gasteiger partial charge in [-0.25, -0.2) is 0 Å². The van der Waals surface area contributed by atoms with Gasteiger partial charge in [-0.3, -0.25) is 5.10 Å². The van der Waals surface area contributed by atoms with Crippen molar-refractivity contribution >= 4 is 11.4 Å². The van der Waals surface area contributed by atoms with Crippen molar-refractivity contribution in [1.29, 1.82) is 0 Å². The molecule has 0 bridgehead atoms. The van der Waals surface area contributed by atoms with E-state index in [1.54, 1.807) is 6.07 Å². The van der Waals surface area contributed by atoms with Crippen LogP contribution in [0.4, 0.5) is 5.82 Å². The molecule has 3 heteroatoms. The lowest BCUT2D eigenvalue weighted by molar-refractivity contribution is 1.08. The van der Waals surface area contributed by atoms with Crippen LogP contribution in [0.3, 0.4) is 0 Å². The van der Waals surface area contributed by atoms with Gasteiger partial charge in [0.25, 0.3) is 0 Å². The zero-order valence-corrected chi connectivity index (χ0v) is 5.31. The lowest BCUT2D eigenvalue weighted by Gasteiger charge is -1.85. The van der Waals surface area contributed by atoms with Crippen LogP contribution in [0.2, 0.25) is 0 Å². The van der Waals surface area contributed by atoms with Gasteiger partial charge in [-0.2, -0.15) is 5.10 Å². The second-order valence-electron chi connectivity index (χ2n) is 1.99. The third kappa shape index (κ3) is 1.10. The van der Waals surface area contributed by atoms with Crippen LogP contribution in [0.15, 0.2) is 12.6 Å². The quantitative estimate of drug-likeness (QED) is 0.585. The molecule has 0 unspecified atom stereocenters. The maximum atomic E-state index is 5.36. The van der Waals surface area contributed by atoms with Crippen molar-refractivity contribution in [1.82, 2.24) is 10.2 Å². The Bertz CT molecular complexity index is 224. The molecule has 0 aliphatic carbocycles. The van der Waals surface area contributed by atoms with Gasteiger partial charge in [-0.05, 0) is 12.5 Å². The van der Waals surface area contributed by atoms with E-state index in [2.05, 4.69) is 16.8 Å². The summed E-state index contributed by atoms with van der Waals surface area (Å²) in [6.07, 6.45) is 0. The minimum Gasteiger partial charge on any atom is -0.384 e. The molecule has 48 valence electrons. The van der Waals surface area contributed by atoms with Crippen molar-refractivity contribution in [3.05, 3.63) is 18.3 Å². The molecule has 3 nitrogen and oxygen atoms in total. The van der Waals surface area contributed by atoms with Gasteiger partial charge >= 0.3 is 0 Å². The minimum absolute atomic E-state index is 0.577. The summed E-state index contributed by atoms with van der Waals surface area (Å²) in [5, 5.41) is 6.48. The van der Waals surface area contributed by atoms with Crippen LogP contribution in [-0.2, 0) is 0 Å². The SMILES string of the molecule is C=C(C)c1cc(N)[nH]n1. The predicted octanol–water partition coefficient (Wildman–Crippen LogP) is 1.02. The number of allylic oxidation sites excluding steroid dienone is 1. The molecule has 0 saturated carbocycles. The largest absolute Gasteiger partial charge is 0.384 e. The van der Waals surface area contributed by atoms with E-state index in [0.29, 0.717) is 5.82 Å². The first-order valence-electron chi connectivity index (χ1n) is 2.67. The van der Waals surface area contributed by atoms with E-state index >= 15 is 0 Å². The first-order chi connectivity index (χ1) is 4.20. The number of nitrogens with zero attached hydrogens (tertiary/aromatic N) is 1. The number of nitrogens with one attached hydrogen (secondary N) is 1. The van der Waals surface area contributed by atoms with Crippen LogP contribution in [0.1, 0.15) is 12.6 Å². The topological polar surface area (TPSA) is 54.7 Å². The third-order valence-corrected chi connectivity index (χ3v) is 1.03. The summed E-state index contributed by atoms with van der Waals surface area (Å²) < 4.78 is 0. The Hall–Kier alpha value is -1.25. The molecule has 3 N–H and O–H groups in total. The van der Waals surface area contributed by atoms with Gasteiger partial charge in [0, 0.05) is 6.07 Å². The summed E-state index contributed by atoms with van der Waals surface area (Å²) in [6.45, 7) is 5.59. The van der Waals surface area contributed by atoms with Gasteiger partial charge in [-0.15, -0.1) is 0 Å². The molecule has 0 amide bonds. The lowest BCUT2D eigenvalue weighted by Crippen LogP contribution is -1.81. The zero-order valence-electron chi connectivity index (χ0n) is 5.31. The fraction of sp³-hybridized carbons (Fsp3) is 0.167. The second-order valence-corrected chi connectivity index (χ2v) is 1.99. The van der Waals surface area contributed by atoms with Crippen LogP contribution in [-0.4, -0.2) is 10.2 Å². The van der Waals surface area contributed by atoms with Gasteiger partial charge in [-0.1, -0.05) is 6.58 Å². The van der Waals surface area contributed by atoms with Gasteiger partial charge in [0.15, 0.2) is 0 Å². The van der Waals surface area contributed by atoms with E-state index in [9.17, 15) is 0 Å². The number of aromatic nitrogens is 2. The molecule has 0 spiro atoms. The van der Waals surface area contributed by atoms with Gasteiger partial charge in [0.2, 0.25) is 0 Å². The minimum atomic E-state index is 0.577. The molecule has 0 atom stereocenters. The van der Waals surface area contributed by atoms with Crippen molar-refractivity contribution < 1.29 is 0 Å². The van der Waals surface area contributed by atoms with E-state index in [1.807, 2.05) is 6.92 Å². The van der Waals surface area contributed by atoms with E-state index in [0.717, 1.165) is 11.3 Å². The van der Waals surface area contributed by atoms with Crippen LogP contribution < -0.4 is 5.73 Å². The van der Waals surface area contributed by atoms with Crippen LogP contribution in [0, 0.1) is 0 Å². The molecular formula is C6H9N3. The summed E-state index contributed by atoms with van der Waals surface area (Å²) in [5.74, 6) is 0.577. The molecule has 1 aromatic heterocycles. The van der Waals surface area contributed by atoms with E-state index in [-0.39, 0.29) is 0 Å². The van der Waals surface area contributed by atoms with Crippen molar-refractivity contribution in [2.45, 2.75) is 6.92 Å². The number of H-pyrrole nitrogens is 1. The monoisotopic (exact) mass is 123 g/mol. The maximum absolute atomic E-state index is 5.36. The number of nitrogen functional groups attached to an aromatic ring is 1. The molecule has 0 aromatic carbocycles. The molecule has 1 aromatic rings. The standard InChI is InChI=1S/C6H9N3/c1-4(2)5-3-6(7)9-8-5/h3H,1H2,2H3,(H3,7,8,9). The number of aromatic amines is 1. The molecule has 9 heavy (non-hydrogen) atoms. The highest BCUT2D eigenvalue weighted by Crippen LogP contribution is 2.08. The molecule has 0 fully saturated rings. The Morgan fingerprint density at radius 2 is 2.56 bits per heavy atom. The van der Waals surface area contributed by atoms with Crippen molar-refractivity contribution in [3.8, 4) is 0 Å². The Labute approximate surface area is 53.6 Å². The Morgan fingerprint density at radius 1 is 1.89 bits per heavy atom. The average Bonchev–Trinajstić information content (AvgIpc) is 2.14. The second kappa shape index (κ2) is 1.93. The molecule has 0 aliphatic rings. The summed E-state index contributed by atoms with van der Waals surface area (Å²) in [5.41, 5.74) is 7.10. The third-order valence-electron chi connectivity index (χ3n) is 1.03. The maximum Gasteiger partial charge on any atom is 0.119 e. The summed E-state index contributed by atoms with van der Waals surface area (Å²) in [6, 6.07) is 1.75. The smallest absolute Gasteiger partial charge is 0.119 e. The van der Waals surface area contributed by atoms with E-state index in [4.69, 9.17) is 5.73 Å². The van der Waals surface area contributed by atoms with Crippen molar-refractivity contribution in [2.24, 2.45) is 0 Å². The van der Waals surface area contributed by atoms with Gasteiger partial charge in [0.05, 0.1) is 5.69 Å².